The number of ether oxygens (including phenoxy) is 1. The van der Waals surface area contributed by atoms with Crippen molar-refractivity contribution >= 4 is 17.4 Å². The molecule has 0 radical (unpaired) electrons. The molecule has 26 heavy (non-hydrogen) atoms. The molecule has 0 bridgehead atoms. The Morgan fingerprint density at radius 1 is 1.12 bits per heavy atom. The predicted molar refractivity (Wildman–Crippen MR) is 94.4 cm³/mol. The van der Waals surface area contributed by atoms with Crippen LogP contribution in [-0.4, -0.2) is 59.6 Å². The van der Waals surface area contributed by atoms with Crippen LogP contribution < -0.4 is 9.64 Å². The Hall–Kier alpha value is -1.93. The summed E-state index contributed by atoms with van der Waals surface area (Å²) in [6.07, 6.45) is -4.69. The van der Waals surface area contributed by atoms with E-state index in [1.807, 2.05) is 13.0 Å². The number of hydrogen-bond acceptors (Lipinski definition) is 4. The second kappa shape index (κ2) is 7.75. The molecule has 3 rings (SSSR count). The molecule has 0 unspecified atom stereocenters. The van der Waals surface area contributed by atoms with Crippen molar-refractivity contribution in [3.8, 4) is 11.4 Å². The molecule has 0 atom stereocenters. The van der Waals surface area contributed by atoms with Crippen molar-refractivity contribution in [2.45, 2.75) is 13.3 Å². The second-order valence-corrected chi connectivity index (χ2v) is 6.49. The van der Waals surface area contributed by atoms with Gasteiger partial charge in [-0.25, -0.2) is 4.68 Å². The van der Waals surface area contributed by atoms with Gasteiger partial charge in [-0.15, -0.1) is 24.8 Å². The first-order valence-corrected chi connectivity index (χ1v) is 8.85. The molecule has 1 fully saturated rings. The van der Waals surface area contributed by atoms with Crippen molar-refractivity contribution in [1.29, 1.82) is 0 Å². The van der Waals surface area contributed by atoms with E-state index in [2.05, 4.69) is 19.6 Å². The third-order valence-corrected chi connectivity index (χ3v) is 4.46. The Kier molecular flexibility index (Phi) is 5.62. The number of piperazine rings is 1. The maximum absolute atomic E-state index is 12.3. The Labute approximate surface area is 154 Å². The van der Waals surface area contributed by atoms with E-state index in [1.165, 1.54) is 12.1 Å². The number of aromatic nitrogens is 2. The molecule has 0 saturated carbocycles. The number of halogens is 4. The largest absolute Gasteiger partial charge is 0.573 e. The van der Waals surface area contributed by atoms with Crippen molar-refractivity contribution in [3.05, 3.63) is 36.0 Å². The monoisotopic (exact) mass is 388 g/mol. The van der Waals surface area contributed by atoms with Crippen LogP contribution in [0.5, 0.6) is 5.75 Å². The van der Waals surface area contributed by atoms with E-state index >= 15 is 0 Å². The lowest BCUT2D eigenvalue weighted by Gasteiger charge is -2.34. The van der Waals surface area contributed by atoms with Crippen molar-refractivity contribution in [1.82, 2.24) is 14.7 Å². The average Bonchev–Trinajstić information content (AvgIpc) is 2.97. The third-order valence-electron chi connectivity index (χ3n) is 4.29. The Balaban J connectivity index is 1.70. The summed E-state index contributed by atoms with van der Waals surface area (Å²) < 4.78 is 42.4. The SMILES string of the molecule is Cc1cc(N2CCN(CCCl)CC2)nn1-c1ccc(OC(F)(F)F)cc1. The number of nitrogens with zero attached hydrogens (tertiary/aromatic N) is 4. The molecule has 1 aliphatic heterocycles. The highest BCUT2D eigenvalue weighted by Gasteiger charge is 2.31. The van der Waals surface area contributed by atoms with Crippen LogP contribution in [0.4, 0.5) is 19.0 Å². The molecule has 2 heterocycles. The van der Waals surface area contributed by atoms with Crippen LogP contribution >= 0.6 is 11.6 Å². The average molecular weight is 389 g/mol. The minimum absolute atomic E-state index is 0.248. The van der Waals surface area contributed by atoms with E-state index in [0.717, 1.165) is 44.2 Å². The molecule has 5 nitrogen and oxygen atoms in total. The minimum atomic E-state index is -4.69. The maximum atomic E-state index is 12.3. The zero-order valence-electron chi connectivity index (χ0n) is 14.3. The molecule has 0 aliphatic carbocycles. The molecule has 0 spiro atoms. The molecule has 1 aromatic heterocycles. The summed E-state index contributed by atoms with van der Waals surface area (Å²) in [5.41, 5.74) is 1.59. The number of anilines is 1. The van der Waals surface area contributed by atoms with Gasteiger partial charge in [0, 0.05) is 50.4 Å². The number of benzene rings is 1. The van der Waals surface area contributed by atoms with E-state index in [9.17, 15) is 13.2 Å². The van der Waals surface area contributed by atoms with Gasteiger partial charge in [-0.1, -0.05) is 0 Å². The quantitative estimate of drug-likeness (QED) is 0.735. The van der Waals surface area contributed by atoms with Gasteiger partial charge in [-0.3, -0.25) is 4.90 Å². The smallest absolute Gasteiger partial charge is 0.406 e. The highest BCUT2D eigenvalue weighted by molar-refractivity contribution is 6.18. The first-order chi connectivity index (χ1) is 12.4. The van der Waals surface area contributed by atoms with Gasteiger partial charge in [-0.2, -0.15) is 5.10 Å². The fraction of sp³-hybridized carbons (Fsp3) is 0.471. The zero-order valence-corrected chi connectivity index (χ0v) is 15.1. The molecule has 0 N–H and O–H groups in total. The maximum Gasteiger partial charge on any atom is 0.573 e. The molecular formula is C17H20ClF3N4O. The van der Waals surface area contributed by atoms with Crippen molar-refractivity contribution in [2.24, 2.45) is 0 Å². The van der Waals surface area contributed by atoms with E-state index in [-0.39, 0.29) is 5.75 Å². The summed E-state index contributed by atoms with van der Waals surface area (Å²) in [6.45, 7) is 6.40. The summed E-state index contributed by atoms with van der Waals surface area (Å²) >= 11 is 5.78. The van der Waals surface area contributed by atoms with Gasteiger partial charge in [0.1, 0.15) is 5.75 Å². The molecule has 2 aromatic rings. The first kappa shape index (κ1) is 18.8. The van der Waals surface area contributed by atoms with Crippen molar-refractivity contribution in [2.75, 3.05) is 43.5 Å². The zero-order chi connectivity index (χ0) is 18.7. The Morgan fingerprint density at radius 3 is 2.35 bits per heavy atom. The second-order valence-electron chi connectivity index (χ2n) is 6.12. The molecular weight excluding hydrogens is 369 g/mol. The van der Waals surface area contributed by atoms with E-state index in [1.54, 1.807) is 16.8 Å². The fourth-order valence-corrected chi connectivity index (χ4v) is 3.22. The van der Waals surface area contributed by atoms with Gasteiger partial charge in [0.15, 0.2) is 5.82 Å². The van der Waals surface area contributed by atoms with Gasteiger partial charge in [-0.05, 0) is 31.2 Å². The topological polar surface area (TPSA) is 33.5 Å². The van der Waals surface area contributed by atoms with Crippen LogP contribution in [0.2, 0.25) is 0 Å². The summed E-state index contributed by atoms with van der Waals surface area (Å²) in [6, 6.07) is 7.67. The fourth-order valence-electron chi connectivity index (χ4n) is 2.98. The Morgan fingerprint density at radius 2 is 1.77 bits per heavy atom. The number of alkyl halides is 4. The van der Waals surface area contributed by atoms with Gasteiger partial charge in [0.05, 0.1) is 5.69 Å². The van der Waals surface area contributed by atoms with Crippen LogP contribution in [0, 0.1) is 6.92 Å². The van der Waals surface area contributed by atoms with E-state index < -0.39 is 6.36 Å². The van der Waals surface area contributed by atoms with E-state index in [4.69, 9.17) is 11.6 Å². The lowest BCUT2D eigenvalue weighted by molar-refractivity contribution is -0.274. The number of aryl methyl sites for hydroxylation is 1. The van der Waals surface area contributed by atoms with Gasteiger partial charge in [0.2, 0.25) is 0 Å². The van der Waals surface area contributed by atoms with Crippen LogP contribution in [0.25, 0.3) is 5.69 Å². The standard InChI is InChI=1S/C17H20ClF3N4O/c1-13-12-16(24-10-8-23(7-6-18)9-11-24)22-25(13)14-2-4-15(5-3-14)26-17(19,20)21/h2-5,12H,6-11H2,1H3. The van der Waals surface area contributed by atoms with Gasteiger partial charge >= 0.3 is 6.36 Å². The van der Waals surface area contributed by atoms with E-state index in [0.29, 0.717) is 11.6 Å². The lowest BCUT2D eigenvalue weighted by Crippen LogP contribution is -2.47. The predicted octanol–water partition coefficient (Wildman–Crippen LogP) is 3.44. The van der Waals surface area contributed by atoms with Crippen molar-refractivity contribution in [3.63, 3.8) is 0 Å². The highest BCUT2D eigenvalue weighted by atomic mass is 35.5. The highest BCUT2D eigenvalue weighted by Crippen LogP contribution is 2.25. The molecule has 9 heteroatoms. The molecule has 0 amide bonds. The normalized spacial score (nSPS) is 16.1. The number of rotatable bonds is 5. The van der Waals surface area contributed by atoms with Crippen LogP contribution in [0.15, 0.2) is 30.3 Å². The third kappa shape index (κ3) is 4.62. The summed E-state index contributed by atoms with van der Waals surface area (Å²) in [5, 5.41) is 4.61. The van der Waals surface area contributed by atoms with Crippen molar-refractivity contribution < 1.29 is 17.9 Å². The summed E-state index contributed by atoms with van der Waals surface area (Å²) in [7, 11) is 0. The summed E-state index contributed by atoms with van der Waals surface area (Å²) in [5.74, 6) is 1.24. The molecule has 142 valence electrons. The molecule has 1 aliphatic rings. The first-order valence-electron chi connectivity index (χ1n) is 8.32. The van der Waals surface area contributed by atoms with Gasteiger partial charge in [0.25, 0.3) is 0 Å². The van der Waals surface area contributed by atoms with Gasteiger partial charge < -0.3 is 9.64 Å². The summed E-state index contributed by atoms with van der Waals surface area (Å²) in [4.78, 5) is 4.52. The van der Waals surface area contributed by atoms with Crippen LogP contribution in [0.1, 0.15) is 5.69 Å². The lowest BCUT2D eigenvalue weighted by atomic mass is 10.3. The Bertz CT molecular complexity index is 725. The molecule has 1 aromatic carbocycles. The van der Waals surface area contributed by atoms with Crippen LogP contribution in [-0.2, 0) is 0 Å². The van der Waals surface area contributed by atoms with Crippen LogP contribution in [0.3, 0.4) is 0 Å². The minimum Gasteiger partial charge on any atom is -0.406 e. The molecule has 1 saturated heterocycles. The number of hydrogen-bond donors (Lipinski definition) is 0.